The summed E-state index contributed by atoms with van der Waals surface area (Å²) in [6, 6.07) is 7.42. The molecule has 0 heterocycles. The Bertz CT molecular complexity index is 426. The first-order chi connectivity index (χ1) is 9.08. The van der Waals surface area contributed by atoms with E-state index in [0.29, 0.717) is 25.2 Å². The maximum Gasteiger partial charge on any atom is 0.223 e. The van der Waals surface area contributed by atoms with Gasteiger partial charge in [-0.25, -0.2) is 0 Å². The van der Waals surface area contributed by atoms with Gasteiger partial charge in [0.1, 0.15) is 0 Å². The lowest BCUT2D eigenvalue weighted by Gasteiger charge is -2.19. The second-order valence-electron chi connectivity index (χ2n) is 4.55. The van der Waals surface area contributed by atoms with Crippen LogP contribution in [0.5, 0.6) is 0 Å². The van der Waals surface area contributed by atoms with Crippen molar-refractivity contribution in [3.05, 3.63) is 35.4 Å². The summed E-state index contributed by atoms with van der Waals surface area (Å²) in [5.74, 6) is 0.00515. The molecule has 0 radical (unpaired) electrons. The maximum absolute atomic E-state index is 11.9. The van der Waals surface area contributed by atoms with Gasteiger partial charge in [0, 0.05) is 38.0 Å². The molecule has 0 unspecified atom stereocenters. The number of carbonyl (C=O) groups excluding carboxylic acids is 2. The highest BCUT2D eigenvalue weighted by Gasteiger charge is 2.13. The average molecular weight is 262 g/mol. The second-order valence-corrected chi connectivity index (χ2v) is 4.55. The number of ketones is 1. The summed E-state index contributed by atoms with van der Waals surface area (Å²) < 4.78 is 0. The molecule has 0 aliphatic carbocycles. The van der Waals surface area contributed by atoms with Crippen molar-refractivity contribution < 1.29 is 9.59 Å². The predicted molar refractivity (Wildman–Crippen MR) is 76.1 cm³/mol. The first-order valence-electron chi connectivity index (χ1n) is 6.66. The third-order valence-electron chi connectivity index (χ3n) is 3.07. The number of hydrogen-bond donors (Lipinski definition) is 1. The van der Waals surface area contributed by atoms with Crippen molar-refractivity contribution in [1.82, 2.24) is 4.90 Å². The number of nitrogens with two attached hydrogens (primary N) is 1. The van der Waals surface area contributed by atoms with Crippen LogP contribution in [0.15, 0.2) is 24.3 Å². The number of benzene rings is 1. The molecule has 1 aromatic rings. The maximum atomic E-state index is 11.9. The lowest BCUT2D eigenvalue weighted by atomic mass is 10.0. The zero-order valence-corrected chi connectivity index (χ0v) is 11.7. The van der Waals surface area contributed by atoms with Crippen molar-refractivity contribution in [2.45, 2.75) is 26.7 Å². The number of hydrogen-bond acceptors (Lipinski definition) is 3. The van der Waals surface area contributed by atoms with Crippen molar-refractivity contribution in [3.63, 3.8) is 0 Å². The Labute approximate surface area is 114 Å². The summed E-state index contributed by atoms with van der Waals surface area (Å²) in [6.45, 7) is 5.52. The third kappa shape index (κ3) is 4.83. The molecule has 1 amide bonds. The van der Waals surface area contributed by atoms with E-state index in [9.17, 15) is 9.59 Å². The lowest BCUT2D eigenvalue weighted by Crippen LogP contribution is -2.35. The molecule has 1 rings (SSSR count). The summed E-state index contributed by atoms with van der Waals surface area (Å²) in [5, 5.41) is 0. The Morgan fingerprint density at radius 2 is 1.79 bits per heavy atom. The number of likely N-dealkylation sites (N-methyl/N-ethyl adjacent to an activating group) is 1. The van der Waals surface area contributed by atoms with E-state index in [2.05, 4.69) is 0 Å². The lowest BCUT2D eigenvalue weighted by molar-refractivity contribution is -0.130. The Balaban J connectivity index is 2.49. The van der Waals surface area contributed by atoms with Crippen LogP contribution in [0.2, 0.25) is 0 Å². The van der Waals surface area contributed by atoms with Gasteiger partial charge in [0.25, 0.3) is 0 Å². The van der Waals surface area contributed by atoms with Crippen molar-refractivity contribution >= 4 is 11.7 Å². The first kappa shape index (κ1) is 15.4. The summed E-state index contributed by atoms with van der Waals surface area (Å²) in [6.07, 6.45) is 0.503. The predicted octanol–water partition coefficient (Wildman–Crippen LogP) is 1.77. The van der Waals surface area contributed by atoms with Crippen molar-refractivity contribution in [1.29, 1.82) is 0 Å². The molecule has 0 spiro atoms. The quantitative estimate of drug-likeness (QED) is 0.762. The van der Waals surface area contributed by atoms with E-state index in [1.807, 2.05) is 26.0 Å². The number of nitrogens with zero attached hydrogens (tertiary/aromatic N) is 1. The normalized spacial score (nSPS) is 10.3. The topological polar surface area (TPSA) is 63.4 Å². The van der Waals surface area contributed by atoms with E-state index in [0.717, 1.165) is 5.56 Å². The van der Waals surface area contributed by atoms with E-state index in [1.54, 1.807) is 17.0 Å². The van der Waals surface area contributed by atoms with Crippen LogP contribution in [0.25, 0.3) is 0 Å². The zero-order chi connectivity index (χ0) is 14.3. The first-order valence-corrected chi connectivity index (χ1v) is 6.66. The molecule has 0 saturated heterocycles. The molecule has 0 aromatic heterocycles. The Morgan fingerprint density at radius 3 is 2.32 bits per heavy atom. The van der Waals surface area contributed by atoms with E-state index in [1.165, 1.54) is 0 Å². The molecule has 0 fully saturated rings. The summed E-state index contributed by atoms with van der Waals surface area (Å²) in [4.78, 5) is 25.5. The summed E-state index contributed by atoms with van der Waals surface area (Å²) >= 11 is 0. The fourth-order valence-corrected chi connectivity index (χ4v) is 1.88. The fraction of sp³-hybridized carbons (Fsp3) is 0.467. The van der Waals surface area contributed by atoms with Crippen molar-refractivity contribution in [2.75, 3.05) is 19.6 Å². The van der Waals surface area contributed by atoms with Gasteiger partial charge in [-0.2, -0.15) is 0 Å². The number of carbonyl (C=O) groups is 2. The Morgan fingerprint density at radius 1 is 1.16 bits per heavy atom. The molecular formula is C15H22N2O2. The van der Waals surface area contributed by atoms with E-state index in [-0.39, 0.29) is 24.5 Å². The second kappa shape index (κ2) is 7.69. The van der Waals surface area contributed by atoms with Crippen LogP contribution in [-0.4, -0.2) is 36.2 Å². The highest BCUT2D eigenvalue weighted by molar-refractivity contribution is 5.97. The smallest absolute Gasteiger partial charge is 0.223 e. The van der Waals surface area contributed by atoms with Crippen LogP contribution in [0, 0.1) is 6.92 Å². The highest BCUT2D eigenvalue weighted by atomic mass is 16.2. The molecule has 0 atom stereocenters. The standard InChI is InChI=1S/C15H22N2O2/c1-3-17(11-10-16)15(19)9-8-14(18)13-6-4-12(2)5-7-13/h4-7H,3,8-11,16H2,1-2H3. The summed E-state index contributed by atoms with van der Waals surface area (Å²) in [5.41, 5.74) is 7.23. The molecule has 104 valence electrons. The number of rotatable bonds is 7. The molecule has 0 saturated carbocycles. The SMILES string of the molecule is CCN(CCN)C(=O)CCC(=O)c1ccc(C)cc1. The Kier molecular flexibility index (Phi) is 6.22. The molecular weight excluding hydrogens is 240 g/mol. The van der Waals surface area contributed by atoms with E-state index >= 15 is 0 Å². The van der Waals surface area contributed by atoms with Gasteiger partial charge < -0.3 is 10.6 Å². The minimum absolute atomic E-state index is 0.00610. The number of aryl methyl sites for hydroxylation is 1. The van der Waals surface area contributed by atoms with Crippen LogP contribution in [0.4, 0.5) is 0 Å². The minimum Gasteiger partial charge on any atom is -0.342 e. The van der Waals surface area contributed by atoms with E-state index in [4.69, 9.17) is 5.73 Å². The fourth-order valence-electron chi connectivity index (χ4n) is 1.88. The third-order valence-corrected chi connectivity index (χ3v) is 3.07. The van der Waals surface area contributed by atoms with Crippen LogP contribution in [-0.2, 0) is 4.79 Å². The van der Waals surface area contributed by atoms with Crippen molar-refractivity contribution in [2.24, 2.45) is 5.73 Å². The molecule has 0 aliphatic rings. The van der Waals surface area contributed by atoms with E-state index < -0.39 is 0 Å². The monoisotopic (exact) mass is 262 g/mol. The van der Waals surface area contributed by atoms with Crippen molar-refractivity contribution in [3.8, 4) is 0 Å². The number of Topliss-reactive ketones (excluding diaryl/α,β-unsaturated/α-hetero) is 1. The van der Waals surface area contributed by atoms with Gasteiger partial charge in [0.15, 0.2) is 5.78 Å². The zero-order valence-electron chi connectivity index (χ0n) is 11.7. The highest BCUT2D eigenvalue weighted by Crippen LogP contribution is 2.08. The molecule has 4 nitrogen and oxygen atoms in total. The van der Waals surface area contributed by atoms with Gasteiger partial charge in [-0.1, -0.05) is 29.8 Å². The van der Waals surface area contributed by atoms with Crippen LogP contribution in [0.3, 0.4) is 0 Å². The summed E-state index contributed by atoms with van der Waals surface area (Å²) in [7, 11) is 0. The molecule has 0 aliphatic heterocycles. The molecule has 4 heteroatoms. The average Bonchev–Trinajstić information content (AvgIpc) is 2.42. The van der Waals surface area contributed by atoms with Gasteiger partial charge in [-0.05, 0) is 13.8 Å². The molecule has 19 heavy (non-hydrogen) atoms. The van der Waals surface area contributed by atoms with Crippen LogP contribution < -0.4 is 5.73 Å². The number of amides is 1. The van der Waals surface area contributed by atoms with Crippen LogP contribution >= 0.6 is 0 Å². The van der Waals surface area contributed by atoms with Crippen LogP contribution in [0.1, 0.15) is 35.7 Å². The van der Waals surface area contributed by atoms with Gasteiger partial charge >= 0.3 is 0 Å². The van der Waals surface area contributed by atoms with Gasteiger partial charge in [0.2, 0.25) is 5.91 Å². The van der Waals surface area contributed by atoms with Gasteiger partial charge in [-0.3, -0.25) is 9.59 Å². The largest absolute Gasteiger partial charge is 0.342 e. The van der Waals surface area contributed by atoms with Gasteiger partial charge in [-0.15, -0.1) is 0 Å². The molecule has 2 N–H and O–H groups in total. The Hall–Kier alpha value is -1.68. The van der Waals surface area contributed by atoms with Gasteiger partial charge in [0.05, 0.1) is 0 Å². The molecule has 1 aromatic carbocycles. The molecule has 0 bridgehead atoms. The minimum atomic E-state index is -0.00610.